The van der Waals surface area contributed by atoms with E-state index < -0.39 is 0 Å². The molecule has 3 aromatic rings. The Balaban J connectivity index is 1.88. The molecule has 0 spiro atoms. The number of methoxy groups -OCH3 is 1. The van der Waals surface area contributed by atoms with Gasteiger partial charge < -0.3 is 4.74 Å². The number of pyridine rings is 1. The first-order valence-electron chi connectivity index (χ1n) is 9.16. The highest BCUT2D eigenvalue weighted by atomic mass is 79.9. The molecule has 6 nitrogen and oxygen atoms in total. The summed E-state index contributed by atoms with van der Waals surface area (Å²) in [4.78, 5) is 19.4. The highest BCUT2D eigenvalue weighted by Gasteiger charge is 2.43. The summed E-state index contributed by atoms with van der Waals surface area (Å²) in [5.41, 5.74) is 4.15. The van der Waals surface area contributed by atoms with Crippen LogP contribution in [0.15, 0.2) is 47.1 Å². The third kappa shape index (κ3) is 3.09. The summed E-state index contributed by atoms with van der Waals surface area (Å²) >= 11 is 3.66. The molecule has 28 heavy (non-hydrogen) atoms. The van der Waals surface area contributed by atoms with Crippen LogP contribution in [0.25, 0.3) is 0 Å². The minimum Gasteiger partial charge on any atom is -0.481 e. The summed E-state index contributed by atoms with van der Waals surface area (Å²) in [5.74, 6) is 0.817. The maximum Gasteiger partial charge on any atom is 0.280 e. The first kappa shape index (κ1) is 18.7. The highest BCUT2D eigenvalue weighted by molar-refractivity contribution is 9.10. The number of carbonyl (C=O) groups excluding carboxylic acids is 1. The number of amides is 1. The van der Waals surface area contributed by atoms with Crippen molar-refractivity contribution >= 4 is 27.5 Å². The van der Waals surface area contributed by atoms with Crippen LogP contribution in [0.3, 0.4) is 0 Å². The van der Waals surface area contributed by atoms with Crippen molar-refractivity contribution in [3.63, 3.8) is 0 Å². The number of anilines is 1. The van der Waals surface area contributed by atoms with Crippen molar-refractivity contribution in [3.05, 3.63) is 69.6 Å². The van der Waals surface area contributed by atoms with E-state index in [9.17, 15) is 4.79 Å². The zero-order valence-corrected chi connectivity index (χ0v) is 17.5. The number of nitrogens with zero attached hydrogens (tertiary/aromatic N) is 3. The van der Waals surface area contributed by atoms with E-state index in [1.54, 1.807) is 24.3 Å². The molecule has 1 aliphatic heterocycles. The molecule has 1 aromatic carbocycles. The van der Waals surface area contributed by atoms with Gasteiger partial charge in [0.1, 0.15) is 0 Å². The number of fused-ring (bicyclic) bond motifs is 1. The van der Waals surface area contributed by atoms with Crippen molar-refractivity contribution in [2.45, 2.75) is 26.3 Å². The first-order valence-corrected chi connectivity index (χ1v) is 9.95. The van der Waals surface area contributed by atoms with E-state index in [0.717, 1.165) is 27.7 Å². The molecule has 1 amide bonds. The van der Waals surface area contributed by atoms with Crippen LogP contribution in [0.4, 0.5) is 5.69 Å². The lowest BCUT2D eigenvalue weighted by Gasteiger charge is -2.27. The van der Waals surface area contributed by atoms with Crippen molar-refractivity contribution in [1.82, 2.24) is 15.2 Å². The molecule has 2 aromatic heterocycles. The molecule has 0 saturated carbocycles. The van der Waals surface area contributed by atoms with Crippen LogP contribution in [0.1, 0.15) is 47.2 Å². The van der Waals surface area contributed by atoms with Gasteiger partial charge in [0.2, 0.25) is 5.88 Å². The zero-order chi connectivity index (χ0) is 19.8. The Morgan fingerprint density at radius 1 is 1.25 bits per heavy atom. The lowest BCUT2D eigenvalue weighted by molar-refractivity contribution is 0.0988. The second-order valence-corrected chi connectivity index (χ2v) is 8.07. The molecule has 0 unspecified atom stereocenters. The molecule has 4 rings (SSSR count). The number of ether oxygens (including phenoxy) is 1. The smallest absolute Gasteiger partial charge is 0.280 e. The molecule has 144 valence electrons. The minimum absolute atomic E-state index is 0.131. The van der Waals surface area contributed by atoms with E-state index in [0.29, 0.717) is 23.2 Å². The third-order valence-electron chi connectivity index (χ3n) is 4.86. The summed E-state index contributed by atoms with van der Waals surface area (Å²) in [7, 11) is 1.57. The number of hydrogen-bond donors (Lipinski definition) is 1. The molecule has 0 fully saturated rings. The lowest BCUT2D eigenvalue weighted by atomic mass is 9.95. The molecule has 3 heterocycles. The van der Waals surface area contributed by atoms with Gasteiger partial charge in [-0.2, -0.15) is 5.10 Å². The lowest BCUT2D eigenvalue weighted by Crippen LogP contribution is -2.29. The van der Waals surface area contributed by atoms with Crippen LogP contribution in [0, 0.1) is 5.92 Å². The van der Waals surface area contributed by atoms with Gasteiger partial charge in [0.15, 0.2) is 5.69 Å². The van der Waals surface area contributed by atoms with Crippen LogP contribution in [0.2, 0.25) is 0 Å². The van der Waals surface area contributed by atoms with Gasteiger partial charge in [-0.05, 0) is 30.0 Å². The van der Waals surface area contributed by atoms with Gasteiger partial charge in [-0.3, -0.25) is 14.8 Å². The van der Waals surface area contributed by atoms with E-state index in [1.807, 2.05) is 30.3 Å². The Kier molecular flexibility index (Phi) is 4.93. The molecule has 1 atom stereocenters. The van der Waals surface area contributed by atoms with Crippen LogP contribution >= 0.6 is 15.9 Å². The molecule has 0 saturated heterocycles. The summed E-state index contributed by atoms with van der Waals surface area (Å²) in [6.45, 7) is 4.31. The molecular weight excluding hydrogens is 420 g/mol. The number of aromatic nitrogens is 3. The highest BCUT2D eigenvalue weighted by Crippen LogP contribution is 2.44. The number of rotatable bonds is 5. The average Bonchev–Trinajstić information content (AvgIpc) is 3.21. The Morgan fingerprint density at radius 2 is 2.04 bits per heavy atom. The summed E-state index contributed by atoms with van der Waals surface area (Å²) in [6, 6.07) is 11.3. The number of aromatic amines is 1. The number of benzene rings is 1. The second kappa shape index (κ2) is 7.39. The topological polar surface area (TPSA) is 71.1 Å². The average molecular weight is 441 g/mol. The van der Waals surface area contributed by atoms with Gasteiger partial charge in [0.25, 0.3) is 5.91 Å². The largest absolute Gasteiger partial charge is 0.481 e. The normalized spacial score (nSPS) is 16.0. The number of nitrogens with one attached hydrogen (secondary N) is 1. The van der Waals surface area contributed by atoms with E-state index in [-0.39, 0.29) is 11.9 Å². The van der Waals surface area contributed by atoms with Crippen molar-refractivity contribution < 1.29 is 9.53 Å². The van der Waals surface area contributed by atoms with Crippen molar-refractivity contribution in [3.8, 4) is 5.88 Å². The van der Waals surface area contributed by atoms with Crippen LogP contribution in [-0.2, 0) is 6.42 Å². The molecular formula is C21H21BrN4O2. The summed E-state index contributed by atoms with van der Waals surface area (Å²) in [5, 5.41) is 7.47. The monoisotopic (exact) mass is 440 g/mol. The number of hydrogen-bond acceptors (Lipinski definition) is 4. The molecule has 1 aliphatic rings. The fourth-order valence-corrected chi connectivity index (χ4v) is 4.16. The number of halogens is 1. The Bertz CT molecular complexity index is 1010. The SMILES string of the molecule is COc1ccc(N2C(=O)c3n[nH]c(CC(C)C)c3[C@H]2c2ccccc2Br)cn1. The number of carbonyl (C=O) groups is 1. The van der Waals surface area contributed by atoms with E-state index in [2.05, 4.69) is 45.0 Å². The third-order valence-corrected chi connectivity index (χ3v) is 5.58. The van der Waals surface area contributed by atoms with Crippen LogP contribution in [0.5, 0.6) is 5.88 Å². The first-order chi connectivity index (χ1) is 13.5. The van der Waals surface area contributed by atoms with Crippen molar-refractivity contribution in [2.75, 3.05) is 12.0 Å². The van der Waals surface area contributed by atoms with Crippen LogP contribution < -0.4 is 9.64 Å². The molecule has 0 radical (unpaired) electrons. The maximum absolute atomic E-state index is 13.3. The van der Waals surface area contributed by atoms with Crippen molar-refractivity contribution in [1.29, 1.82) is 0 Å². The predicted molar refractivity (Wildman–Crippen MR) is 111 cm³/mol. The molecule has 0 bridgehead atoms. The van der Waals surface area contributed by atoms with Gasteiger partial charge in [0.05, 0.1) is 25.0 Å². The van der Waals surface area contributed by atoms with E-state index >= 15 is 0 Å². The summed E-state index contributed by atoms with van der Waals surface area (Å²) in [6.07, 6.45) is 2.49. The van der Waals surface area contributed by atoms with Gasteiger partial charge in [-0.25, -0.2) is 4.98 Å². The fourth-order valence-electron chi connectivity index (χ4n) is 3.66. The van der Waals surface area contributed by atoms with Gasteiger partial charge in [-0.15, -0.1) is 0 Å². The standard InChI is InChI=1S/C21H21BrN4O2/c1-12(2)10-16-18-19(25-24-16)21(27)26(13-8-9-17(28-3)23-11-13)20(18)14-6-4-5-7-15(14)22/h4-9,11-12,20H,10H2,1-3H3,(H,24,25)/t20-/m1/s1. The Labute approximate surface area is 172 Å². The molecule has 7 heteroatoms. The van der Waals surface area contributed by atoms with Gasteiger partial charge in [-0.1, -0.05) is 48.0 Å². The number of H-pyrrole nitrogens is 1. The molecule has 1 N–H and O–H groups in total. The van der Waals surface area contributed by atoms with Crippen molar-refractivity contribution in [2.24, 2.45) is 5.92 Å². The van der Waals surface area contributed by atoms with Gasteiger partial charge in [0, 0.05) is 21.8 Å². The maximum atomic E-state index is 13.3. The van der Waals surface area contributed by atoms with Gasteiger partial charge >= 0.3 is 0 Å². The Hall–Kier alpha value is -2.67. The van der Waals surface area contributed by atoms with E-state index in [4.69, 9.17) is 4.74 Å². The van der Waals surface area contributed by atoms with Crippen LogP contribution in [-0.4, -0.2) is 28.2 Å². The second-order valence-electron chi connectivity index (χ2n) is 7.22. The zero-order valence-electron chi connectivity index (χ0n) is 15.9. The van der Waals surface area contributed by atoms with E-state index in [1.165, 1.54) is 0 Å². The predicted octanol–water partition coefficient (Wildman–Crippen LogP) is 4.52. The summed E-state index contributed by atoms with van der Waals surface area (Å²) < 4.78 is 6.11. The fraction of sp³-hybridized carbons (Fsp3) is 0.286. The minimum atomic E-state index is -0.277. The molecule has 0 aliphatic carbocycles. The quantitative estimate of drug-likeness (QED) is 0.632. The Morgan fingerprint density at radius 3 is 2.68 bits per heavy atom.